The molecule has 0 aliphatic rings. The van der Waals surface area contributed by atoms with Crippen LogP contribution < -0.4 is 10.5 Å². The molecule has 0 saturated heterocycles. The number of hydrogen-bond donors (Lipinski definition) is 2. The molecule has 3 N–H and O–H groups in total. The Morgan fingerprint density at radius 1 is 1.31 bits per heavy atom. The van der Waals surface area contributed by atoms with Crippen molar-refractivity contribution in [2.24, 2.45) is 5.92 Å². The van der Waals surface area contributed by atoms with Crippen molar-refractivity contribution in [1.82, 2.24) is 19.9 Å². The first-order valence-electron chi connectivity index (χ1n) is 5.21. The number of ether oxygens (including phenoxy) is 1. The van der Waals surface area contributed by atoms with Crippen LogP contribution >= 0.6 is 0 Å². The number of aromatic nitrogens is 4. The lowest BCUT2D eigenvalue weighted by Gasteiger charge is -2.17. The molecule has 0 spiro atoms. The number of imidazole rings is 1. The van der Waals surface area contributed by atoms with Crippen molar-refractivity contribution in [3.8, 4) is 5.88 Å². The van der Waals surface area contributed by atoms with Gasteiger partial charge < -0.3 is 15.5 Å². The van der Waals surface area contributed by atoms with Crippen molar-refractivity contribution in [3.63, 3.8) is 0 Å². The molecular formula is C10H15N5O. The van der Waals surface area contributed by atoms with Gasteiger partial charge in [-0.2, -0.15) is 9.97 Å². The highest BCUT2D eigenvalue weighted by Gasteiger charge is 2.14. The van der Waals surface area contributed by atoms with Crippen LogP contribution in [0.15, 0.2) is 6.33 Å². The van der Waals surface area contributed by atoms with E-state index in [0.717, 1.165) is 0 Å². The van der Waals surface area contributed by atoms with Gasteiger partial charge in [0.15, 0.2) is 5.65 Å². The number of hydrogen-bond acceptors (Lipinski definition) is 5. The number of rotatable bonds is 3. The van der Waals surface area contributed by atoms with Gasteiger partial charge in [-0.3, -0.25) is 0 Å². The highest BCUT2D eigenvalue weighted by atomic mass is 16.5. The summed E-state index contributed by atoms with van der Waals surface area (Å²) >= 11 is 0. The zero-order valence-corrected chi connectivity index (χ0v) is 9.56. The maximum atomic E-state index is 5.73. The molecule has 86 valence electrons. The van der Waals surface area contributed by atoms with Gasteiger partial charge in [-0.1, -0.05) is 13.8 Å². The van der Waals surface area contributed by atoms with E-state index >= 15 is 0 Å². The van der Waals surface area contributed by atoms with Crippen LogP contribution in [0.5, 0.6) is 5.88 Å². The Morgan fingerprint density at radius 2 is 2.06 bits per heavy atom. The van der Waals surface area contributed by atoms with Crippen LogP contribution in [0.2, 0.25) is 0 Å². The zero-order valence-electron chi connectivity index (χ0n) is 9.56. The van der Waals surface area contributed by atoms with E-state index in [0.29, 0.717) is 23.0 Å². The Labute approximate surface area is 93.3 Å². The molecule has 0 amide bonds. The van der Waals surface area contributed by atoms with Gasteiger partial charge in [0.05, 0.1) is 6.33 Å². The monoisotopic (exact) mass is 221 g/mol. The van der Waals surface area contributed by atoms with Crippen LogP contribution in [-0.4, -0.2) is 26.0 Å². The average molecular weight is 221 g/mol. The first kappa shape index (κ1) is 10.7. The normalized spacial score (nSPS) is 13.2. The molecule has 0 radical (unpaired) electrons. The quantitative estimate of drug-likeness (QED) is 0.816. The van der Waals surface area contributed by atoms with E-state index in [1.54, 1.807) is 6.33 Å². The van der Waals surface area contributed by atoms with Gasteiger partial charge in [0, 0.05) is 0 Å². The third kappa shape index (κ3) is 1.91. The topological polar surface area (TPSA) is 89.7 Å². The molecule has 0 aromatic carbocycles. The number of fused-ring (bicyclic) bond motifs is 1. The smallest absolute Gasteiger partial charge is 0.245 e. The predicted molar refractivity (Wildman–Crippen MR) is 61.0 cm³/mol. The molecule has 2 aromatic rings. The fourth-order valence-corrected chi connectivity index (χ4v) is 1.22. The van der Waals surface area contributed by atoms with Crippen molar-refractivity contribution in [2.45, 2.75) is 26.9 Å². The molecule has 1 unspecified atom stereocenters. The van der Waals surface area contributed by atoms with Crippen LogP contribution in [-0.2, 0) is 0 Å². The van der Waals surface area contributed by atoms with Gasteiger partial charge >= 0.3 is 0 Å². The molecule has 6 nitrogen and oxygen atoms in total. The number of nitrogens with zero attached hydrogens (tertiary/aromatic N) is 3. The first-order chi connectivity index (χ1) is 7.58. The highest BCUT2D eigenvalue weighted by molar-refractivity contribution is 5.76. The lowest BCUT2D eigenvalue weighted by Crippen LogP contribution is -2.19. The van der Waals surface area contributed by atoms with Crippen molar-refractivity contribution in [1.29, 1.82) is 0 Å². The Morgan fingerprint density at radius 3 is 2.75 bits per heavy atom. The lowest BCUT2D eigenvalue weighted by atomic mass is 10.1. The summed E-state index contributed by atoms with van der Waals surface area (Å²) in [6.45, 7) is 6.16. The number of H-pyrrole nitrogens is 1. The maximum absolute atomic E-state index is 5.73. The molecule has 0 aliphatic heterocycles. The summed E-state index contributed by atoms with van der Waals surface area (Å²) in [5, 5.41) is 0. The molecule has 0 bridgehead atoms. The van der Waals surface area contributed by atoms with Gasteiger partial charge in [-0.05, 0) is 12.8 Å². The number of aromatic amines is 1. The fraction of sp³-hybridized carbons (Fsp3) is 0.500. The van der Waals surface area contributed by atoms with E-state index in [2.05, 4.69) is 33.8 Å². The summed E-state index contributed by atoms with van der Waals surface area (Å²) in [4.78, 5) is 15.0. The molecular weight excluding hydrogens is 206 g/mol. The summed E-state index contributed by atoms with van der Waals surface area (Å²) in [5.41, 5.74) is 6.79. The number of anilines is 1. The van der Waals surface area contributed by atoms with Crippen molar-refractivity contribution >= 4 is 17.1 Å². The minimum atomic E-state index is 0.0563. The fourth-order valence-electron chi connectivity index (χ4n) is 1.22. The first-order valence-corrected chi connectivity index (χ1v) is 5.21. The standard InChI is InChI=1S/C10H15N5O/c1-5(2)6(3)16-9-7-8(13-4-12-7)14-10(11)15-9/h4-6H,1-3H3,(H3,11,12,13,14,15). The van der Waals surface area contributed by atoms with E-state index in [9.17, 15) is 0 Å². The van der Waals surface area contributed by atoms with Crippen LogP contribution in [0.1, 0.15) is 20.8 Å². The summed E-state index contributed by atoms with van der Waals surface area (Å²) in [6.07, 6.45) is 1.60. The van der Waals surface area contributed by atoms with Crippen molar-refractivity contribution in [3.05, 3.63) is 6.33 Å². The van der Waals surface area contributed by atoms with Gasteiger partial charge in [-0.15, -0.1) is 0 Å². The Kier molecular flexibility index (Phi) is 2.64. The highest BCUT2D eigenvalue weighted by Crippen LogP contribution is 2.22. The average Bonchev–Trinajstić information content (AvgIpc) is 2.65. The molecule has 0 fully saturated rings. The Balaban J connectivity index is 2.39. The molecule has 0 saturated carbocycles. The lowest BCUT2D eigenvalue weighted by molar-refractivity contribution is 0.165. The SMILES string of the molecule is CC(C)C(C)Oc1nc(N)nc2nc[nH]c12. The molecule has 6 heteroatoms. The number of nitrogens with one attached hydrogen (secondary N) is 1. The van der Waals surface area contributed by atoms with Gasteiger partial charge in [0.1, 0.15) is 11.6 Å². The molecule has 16 heavy (non-hydrogen) atoms. The van der Waals surface area contributed by atoms with E-state index in [1.165, 1.54) is 0 Å². The van der Waals surface area contributed by atoms with E-state index in [-0.39, 0.29) is 12.1 Å². The molecule has 2 aromatic heterocycles. The molecule has 1 atom stereocenters. The third-order valence-corrected chi connectivity index (χ3v) is 2.51. The van der Waals surface area contributed by atoms with E-state index in [4.69, 9.17) is 10.5 Å². The minimum Gasteiger partial charge on any atom is -0.473 e. The van der Waals surface area contributed by atoms with E-state index in [1.807, 2.05) is 6.92 Å². The van der Waals surface area contributed by atoms with Crippen LogP contribution in [0.25, 0.3) is 11.2 Å². The zero-order chi connectivity index (χ0) is 11.7. The van der Waals surface area contributed by atoms with Crippen molar-refractivity contribution < 1.29 is 4.74 Å². The third-order valence-electron chi connectivity index (χ3n) is 2.51. The summed E-state index contributed by atoms with van der Waals surface area (Å²) < 4.78 is 5.73. The van der Waals surface area contributed by atoms with Gasteiger partial charge in [0.25, 0.3) is 0 Å². The van der Waals surface area contributed by atoms with Gasteiger partial charge in [-0.25, -0.2) is 4.98 Å². The van der Waals surface area contributed by atoms with E-state index < -0.39 is 0 Å². The van der Waals surface area contributed by atoms with Crippen LogP contribution in [0, 0.1) is 5.92 Å². The predicted octanol–water partition coefficient (Wildman–Crippen LogP) is 1.36. The molecule has 2 heterocycles. The van der Waals surface area contributed by atoms with Gasteiger partial charge in [0.2, 0.25) is 11.8 Å². The second-order valence-corrected chi connectivity index (χ2v) is 4.06. The molecule has 2 rings (SSSR count). The van der Waals surface area contributed by atoms with Crippen LogP contribution in [0.3, 0.4) is 0 Å². The largest absolute Gasteiger partial charge is 0.473 e. The summed E-state index contributed by atoms with van der Waals surface area (Å²) in [5.74, 6) is 1.03. The molecule has 0 aliphatic carbocycles. The van der Waals surface area contributed by atoms with Crippen LogP contribution in [0.4, 0.5) is 5.95 Å². The Hall–Kier alpha value is -1.85. The number of nitrogen functional groups attached to an aromatic ring is 1. The minimum absolute atomic E-state index is 0.0563. The summed E-state index contributed by atoms with van der Waals surface area (Å²) in [6, 6.07) is 0. The number of nitrogens with two attached hydrogens (primary N) is 1. The van der Waals surface area contributed by atoms with Crippen molar-refractivity contribution in [2.75, 3.05) is 5.73 Å². The second kappa shape index (κ2) is 3.96. The Bertz CT molecular complexity index is 493. The maximum Gasteiger partial charge on any atom is 0.245 e. The summed E-state index contributed by atoms with van der Waals surface area (Å²) in [7, 11) is 0. The second-order valence-electron chi connectivity index (χ2n) is 4.06.